The number of benzene rings is 2. The molecule has 1 aliphatic heterocycles. The molecule has 2 amide bonds. The maximum atomic E-state index is 13.3. The van der Waals surface area contributed by atoms with Gasteiger partial charge in [-0.3, -0.25) is 19.5 Å². The Hall–Kier alpha value is -3.70. The summed E-state index contributed by atoms with van der Waals surface area (Å²) in [6.07, 6.45) is 1.49. The van der Waals surface area contributed by atoms with Crippen LogP contribution < -0.4 is 14.8 Å². The van der Waals surface area contributed by atoms with Gasteiger partial charge in [0.05, 0.1) is 30.7 Å². The number of aliphatic imine (C=N–C) groups is 1. The fourth-order valence-electron chi connectivity index (χ4n) is 3.48. The van der Waals surface area contributed by atoms with Crippen LogP contribution in [0.15, 0.2) is 71.9 Å². The first-order chi connectivity index (χ1) is 17.8. The average molecular weight is 547 g/mol. The van der Waals surface area contributed by atoms with Gasteiger partial charge in [-0.05, 0) is 54.6 Å². The van der Waals surface area contributed by atoms with Crippen LogP contribution in [-0.2, 0) is 16.1 Å². The molecule has 3 aromatic rings. The predicted molar refractivity (Wildman–Crippen MR) is 138 cm³/mol. The van der Waals surface area contributed by atoms with E-state index in [4.69, 9.17) is 16.3 Å². The number of anilines is 1. The number of halogens is 3. The van der Waals surface area contributed by atoms with Gasteiger partial charge in [0.25, 0.3) is 0 Å². The summed E-state index contributed by atoms with van der Waals surface area (Å²) >= 11 is 7.18. The molecule has 2 heterocycles. The third-order valence-corrected chi connectivity index (χ3v) is 6.57. The Morgan fingerprint density at radius 1 is 1.22 bits per heavy atom. The summed E-state index contributed by atoms with van der Waals surface area (Å²) in [4.78, 5) is 36.4. The summed E-state index contributed by atoms with van der Waals surface area (Å²) in [5, 5.41) is 2.78. The van der Waals surface area contributed by atoms with E-state index >= 15 is 0 Å². The van der Waals surface area contributed by atoms with Gasteiger partial charge in [0.1, 0.15) is 16.7 Å². The zero-order valence-electron chi connectivity index (χ0n) is 19.4. The highest BCUT2D eigenvalue weighted by Gasteiger charge is 2.39. The molecule has 8 nitrogen and oxygen atoms in total. The number of hydrogen-bond acceptors (Lipinski definition) is 7. The third-order valence-electron chi connectivity index (χ3n) is 5.16. The predicted octanol–water partition coefficient (Wildman–Crippen LogP) is 5.51. The van der Waals surface area contributed by atoms with Crippen molar-refractivity contribution in [2.45, 2.75) is 24.8 Å². The first-order valence-corrected chi connectivity index (χ1v) is 12.2. The fourth-order valence-corrected chi connectivity index (χ4v) is 4.81. The lowest BCUT2D eigenvalue weighted by atomic mass is 10.2. The SMILES string of the molecule is COc1ccc(Cl)cc1NC(=O)C[C@H]1SC(=Nc2ccc(OC(F)F)cc2)N(Cc2ccccn2)C1=O. The minimum atomic E-state index is -2.94. The number of rotatable bonds is 9. The normalized spacial score (nSPS) is 16.4. The second kappa shape index (κ2) is 12.0. The van der Waals surface area contributed by atoms with Gasteiger partial charge < -0.3 is 14.8 Å². The van der Waals surface area contributed by atoms with E-state index in [0.29, 0.717) is 33.0 Å². The fraction of sp³-hybridized carbons (Fsp3) is 0.200. The van der Waals surface area contributed by atoms with E-state index in [-0.39, 0.29) is 24.6 Å². The molecule has 1 aliphatic rings. The van der Waals surface area contributed by atoms with Gasteiger partial charge in [-0.25, -0.2) is 4.99 Å². The van der Waals surface area contributed by atoms with Crippen LogP contribution in [0.3, 0.4) is 0 Å². The van der Waals surface area contributed by atoms with E-state index < -0.39 is 17.8 Å². The van der Waals surface area contributed by atoms with Crippen LogP contribution in [0.25, 0.3) is 0 Å². The molecule has 1 N–H and O–H groups in total. The molecule has 2 aromatic carbocycles. The van der Waals surface area contributed by atoms with Crippen LogP contribution in [0.5, 0.6) is 11.5 Å². The molecule has 12 heteroatoms. The molecule has 0 aliphatic carbocycles. The number of ether oxygens (including phenoxy) is 2. The smallest absolute Gasteiger partial charge is 0.387 e. The zero-order chi connectivity index (χ0) is 26.4. The van der Waals surface area contributed by atoms with Crippen molar-refractivity contribution in [2.24, 2.45) is 4.99 Å². The molecule has 0 unspecified atom stereocenters. The van der Waals surface area contributed by atoms with Gasteiger partial charge in [0, 0.05) is 17.6 Å². The maximum Gasteiger partial charge on any atom is 0.387 e. The molecule has 0 spiro atoms. The van der Waals surface area contributed by atoms with Crippen molar-refractivity contribution in [3.05, 3.63) is 77.6 Å². The van der Waals surface area contributed by atoms with E-state index in [1.54, 1.807) is 42.6 Å². The summed E-state index contributed by atoms with van der Waals surface area (Å²) < 4.78 is 34.5. The van der Waals surface area contributed by atoms with Crippen molar-refractivity contribution in [3.63, 3.8) is 0 Å². The highest BCUT2D eigenvalue weighted by atomic mass is 35.5. The Balaban J connectivity index is 1.54. The van der Waals surface area contributed by atoms with E-state index in [0.717, 1.165) is 11.8 Å². The summed E-state index contributed by atoms with van der Waals surface area (Å²) in [5.74, 6) is -0.286. The largest absolute Gasteiger partial charge is 0.495 e. The number of thioether (sulfide) groups is 1. The van der Waals surface area contributed by atoms with Crippen LogP contribution >= 0.6 is 23.4 Å². The van der Waals surface area contributed by atoms with Crippen LogP contribution in [0.2, 0.25) is 5.02 Å². The van der Waals surface area contributed by atoms with Crippen LogP contribution in [0.1, 0.15) is 12.1 Å². The first kappa shape index (κ1) is 26.4. The van der Waals surface area contributed by atoms with E-state index in [9.17, 15) is 18.4 Å². The number of hydrogen-bond donors (Lipinski definition) is 1. The lowest BCUT2D eigenvalue weighted by molar-refractivity contribution is -0.128. The molecular formula is C25H21ClF2N4O4S. The van der Waals surface area contributed by atoms with Crippen LogP contribution in [0.4, 0.5) is 20.2 Å². The molecule has 37 heavy (non-hydrogen) atoms. The van der Waals surface area contributed by atoms with Gasteiger partial charge in [-0.1, -0.05) is 29.4 Å². The number of amides is 2. The molecule has 0 radical (unpaired) electrons. The van der Waals surface area contributed by atoms with Gasteiger partial charge in [0.2, 0.25) is 11.8 Å². The van der Waals surface area contributed by atoms with E-state index in [1.807, 2.05) is 0 Å². The molecular weight excluding hydrogens is 526 g/mol. The molecule has 0 bridgehead atoms. The minimum Gasteiger partial charge on any atom is -0.495 e. The summed E-state index contributed by atoms with van der Waals surface area (Å²) in [6.45, 7) is -2.79. The topological polar surface area (TPSA) is 93.1 Å². The van der Waals surface area contributed by atoms with Crippen LogP contribution in [0, 0.1) is 0 Å². The Morgan fingerprint density at radius 2 is 2.00 bits per heavy atom. The minimum absolute atomic E-state index is 0.00886. The van der Waals surface area contributed by atoms with E-state index in [1.165, 1.54) is 36.3 Å². The number of pyridine rings is 1. The zero-order valence-corrected chi connectivity index (χ0v) is 21.0. The standard InChI is InChI=1S/C25H21ClF2N4O4S/c1-35-20-10-5-15(26)12-19(20)31-22(33)13-21-23(34)32(14-17-4-2-3-11-29-17)25(37-21)30-16-6-8-18(9-7-16)36-24(27)28/h2-12,21,24H,13-14H2,1H3,(H,31,33)/t21-/m1/s1. The monoisotopic (exact) mass is 546 g/mol. The lowest BCUT2D eigenvalue weighted by Gasteiger charge is -2.16. The lowest BCUT2D eigenvalue weighted by Crippen LogP contribution is -2.33. The van der Waals surface area contributed by atoms with Gasteiger partial charge in [-0.2, -0.15) is 8.78 Å². The van der Waals surface area contributed by atoms with Crippen molar-refractivity contribution in [2.75, 3.05) is 12.4 Å². The second-order valence-corrected chi connectivity index (χ2v) is 9.32. The van der Waals surface area contributed by atoms with Crippen molar-refractivity contribution < 1.29 is 27.8 Å². The number of methoxy groups -OCH3 is 1. The highest BCUT2D eigenvalue weighted by Crippen LogP contribution is 2.34. The molecule has 4 rings (SSSR count). The number of nitrogens with one attached hydrogen (secondary N) is 1. The van der Waals surface area contributed by atoms with Gasteiger partial charge >= 0.3 is 6.61 Å². The van der Waals surface area contributed by atoms with Gasteiger partial charge in [0.15, 0.2) is 5.17 Å². The van der Waals surface area contributed by atoms with Crippen molar-refractivity contribution >= 4 is 51.7 Å². The van der Waals surface area contributed by atoms with Gasteiger partial charge in [-0.15, -0.1) is 0 Å². The molecule has 1 fully saturated rings. The number of amidine groups is 1. The maximum absolute atomic E-state index is 13.3. The molecule has 1 saturated heterocycles. The van der Waals surface area contributed by atoms with E-state index in [2.05, 4.69) is 20.0 Å². The third kappa shape index (κ3) is 6.95. The quantitative estimate of drug-likeness (QED) is 0.381. The summed E-state index contributed by atoms with van der Waals surface area (Å²) in [5.41, 5.74) is 1.45. The Kier molecular flexibility index (Phi) is 8.57. The Labute approximate surface area is 220 Å². The Bertz CT molecular complexity index is 1300. The molecule has 192 valence electrons. The van der Waals surface area contributed by atoms with Crippen molar-refractivity contribution in [1.82, 2.24) is 9.88 Å². The number of carbonyl (C=O) groups excluding carboxylic acids is 2. The van der Waals surface area contributed by atoms with Crippen molar-refractivity contribution in [3.8, 4) is 11.5 Å². The molecule has 1 atom stereocenters. The first-order valence-electron chi connectivity index (χ1n) is 11.0. The highest BCUT2D eigenvalue weighted by molar-refractivity contribution is 8.15. The second-order valence-electron chi connectivity index (χ2n) is 7.72. The van der Waals surface area contributed by atoms with Crippen molar-refractivity contribution in [1.29, 1.82) is 0 Å². The molecule has 1 aromatic heterocycles. The average Bonchev–Trinajstić information content (AvgIpc) is 3.14. The Morgan fingerprint density at radius 3 is 2.68 bits per heavy atom. The number of aromatic nitrogens is 1. The number of nitrogens with zero attached hydrogens (tertiary/aromatic N) is 3. The summed E-state index contributed by atoms with van der Waals surface area (Å²) in [7, 11) is 1.47. The van der Waals surface area contributed by atoms with Crippen LogP contribution in [-0.4, -0.2) is 45.8 Å². The molecule has 0 saturated carbocycles. The summed E-state index contributed by atoms with van der Waals surface area (Å²) in [6, 6.07) is 15.9. The number of alkyl halides is 2. The number of carbonyl (C=O) groups is 2.